The van der Waals surface area contributed by atoms with Crippen LogP contribution in [0.4, 0.5) is 0 Å². The molecule has 0 saturated carbocycles. The van der Waals surface area contributed by atoms with Crippen molar-refractivity contribution in [3.8, 4) is 6.07 Å². The fraction of sp³-hybridized carbons (Fsp3) is 0.727. The highest BCUT2D eigenvalue weighted by atomic mass is 32.2. The molecule has 1 aliphatic rings. The van der Waals surface area contributed by atoms with Gasteiger partial charge in [0.25, 0.3) is 0 Å². The summed E-state index contributed by atoms with van der Waals surface area (Å²) in [7, 11) is 0. The van der Waals surface area contributed by atoms with Crippen molar-refractivity contribution in [2.45, 2.75) is 36.4 Å². The Morgan fingerprint density at radius 3 is 3.06 bits per heavy atom. The molecule has 3 atom stereocenters. The largest absolute Gasteiger partial charge is 0.392 e. The average molecular weight is 285 g/mol. The van der Waals surface area contributed by atoms with Crippen LogP contribution in [0.25, 0.3) is 0 Å². The first kappa shape index (κ1) is 13.7. The topological polar surface area (TPSA) is 82.9 Å². The lowest BCUT2D eigenvalue weighted by molar-refractivity contribution is 0.167. The molecule has 3 unspecified atom stereocenters. The van der Waals surface area contributed by atoms with E-state index in [1.165, 1.54) is 0 Å². The van der Waals surface area contributed by atoms with E-state index in [2.05, 4.69) is 17.1 Å². The number of thioether (sulfide) groups is 2. The Balaban J connectivity index is 1.99. The summed E-state index contributed by atoms with van der Waals surface area (Å²) >= 11 is 3.76. The maximum Gasteiger partial charge on any atom is 0.229 e. The van der Waals surface area contributed by atoms with Crippen molar-refractivity contribution in [3.63, 3.8) is 0 Å². The lowest BCUT2D eigenvalue weighted by Crippen LogP contribution is -2.17. The summed E-state index contributed by atoms with van der Waals surface area (Å²) < 4.78 is 5.13. The maximum absolute atomic E-state index is 9.51. The third-order valence-corrected chi connectivity index (χ3v) is 5.75. The molecule has 18 heavy (non-hydrogen) atoms. The lowest BCUT2D eigenvalue weighted by Gasteiger charge is -2.24. The summed E-state index contributed by atoms with van der Waals surface area (Å²) in [5, 5.41) is 22.7. The minimum Gasteiger partial charge on any atom is -0.392 e. The summed E-state index contributed by atoms with van der Waals surface area (Å²) in [5.41, 5.74) is 0. The standard InChI is InChI=1S/C11H15N3O2S2/c1-7-10(18-5-4-17-7)11-13-9(16-14-11)6-8(15)2-3-12/h7-8,10,15H,2,4-6H2,1H3. The summed E-state index contributed by atoms with van der Waals surface area (Å²) in [6.07, 6.45) is -0.393. The predicted octanol–water partition coefficient (Wildman–Crippen LogP) is 1.80. The Bertz CT molecular complexity index is 432. The van der Waals surface area contributed by atoms with Gasteiger partial charge in [-0.3, -0.25) is 0 Å². The van der Waals surface area contributed by atoms with Crippen LogP contribution in [0.5, 0.6) is 0 Å². The molecule has 5 nitrogen and oxygen atoms in total. The summed E-state index contributed by atoms with van der Waals surface area (Å²) in [6.45, 7) is 2.17. The van der Waals surface area contributed by atoms with Gasteiger partial charge in [0.2, 0.25) is 5.89 Å². The van der Waals surface area contributed by atoms with Crippen molar-refractivity contribution in [1.82, 2.24) is 10.1 Å². The van der Waals surface area contributed by atoms with Gasteiger partial charge in [-0.1, -0.05) is 12.1 Å². The molecule has 0 bridgehead atoms. The highest BCUT2D eigenvalue weighted by Crippen LogP contribution is 2.41. The van der Waals surface area contributed by atoms with Crippen LogP contribution >= 0.6 is 23.5 Å². The molecular formula is C11H15N3O2S2. The molecule has 1 aromatic rings. The first-order valence-electron chi connectivity index (χ1n) is 5.81. The second-order valence-corrected chi connectivity index (χ2v) is 6.87. The van der Waals surface area contributed by atoms with Gasteiger partial charge in [-0.15, -0.1) is 11.8 Å². The molecule has 0 aliphatic carbocycles. The number of hydrogen-bond donors (Lipinski definition) is 1. The highest BCUT2D eigenvalue weighted by Gasteiger charge is 2.28. The average Bonchev–Trinajstić information content (AvgIpc) is 2.78. The zero-order valence-electron chi connectivity index (χ0n) is 10.1. The van der Waals surface area contributed by atoms with Gasteiger partial charge in [-0.05, 0) is 0 Å². The van der Waals surface area contributed by atoms with Gasteiger partial charge >= 0.3 is 0 Å². The van der Waals surface area contributed by atoms with Gasteiger partial charge in [-0.25, -0.2) is 0 Å². The van der Waals surface area contributed by atoms with E-state index in [1.807, 2.05) is 29.6 Å². The molecular weight excluding hydrogens is 270 g/mol. The quantitative estimate of drug-likeness (QED) is 0.903. The van der Waals surface area contributed by atoms with Crippen LogP contribution in [0.15, 0.2) is 4.52 Å². The number of aliphatic hydroxyl groups excluding tert-OH is 1. The Hall–Kier alpha value is -0.710. The summed E-state index contributed by atoms with van der Waals surface area (Å²) in [4.78, 5) is 4.33. The van der Waals surface area contributed by atoms with E-state index >= 15 is 0 Å². The van der Waals surface area contributed by atoms with E-state index in [0.717, 1.165) is 11.5 Å². The Morgan fingerprint density at radius 2 is 2.33 bits per heavy atom. The highest BCUT2D eigenvalue weighted by molar-refractivity contribution is 8.06. The van der Waals surface area contributed by atoms with Crippen LogP contribution in [0.2, 0.25) is 0 Å². The summed E-state index contributed by atoms with van der Waals surface area (Å²) in [6, 6.07) is 1.92. The fourth-order valence-electron chi connectivity index (χ4n) is 1.76. The van der Waals surface area contributed by atoms with Gasteiger partial charge in [0.05, 0.1) is 30.3 Å². The van der Waals surface area contributed by atoms with Gasteiger partial charge in [-0.2, -0.15) is 22.0 Å². The molecule has 7 heteroatoms. The maximum atomic E-state index is 9.51. The molecule has 2 rings (SSSR count). The first-order chi connectivity index (χ1) is 8.70. The van der Waals surface area contributed by atoms with Crippen molar-refractivity contribution >= 4 is 23.5 Å². The van der Waals surface area contributed by atoms with Crippen molar-refractivity contribution in [2.75, 3.05) is 11.5 Å². The zero-order valence-corrected chi connectivity index (χ0v) is 11.7. The van der Waals surface area contributed by atoms with Crippen LogP contribution in [-0.4, -0.2) is 38.1 Å². The lowest BCUT2D eigenvalue weighted by atomic mass is 10.2. The number of hydrogen-bond acceptors (Lipinski definition) is 7. The van der Waals surface area contributed by atoms with E-state index in [9.17, 15) is 5.11 Å². The number of nitrogens with zero attached hydrogens (tertiary/aromatic N) is 3. The van der Waals surface area contributed by atoms with Crippen LogP contribution in [0.1, 0.15) is 30.3 Å². The van der Waals surface area contributed by atoms with Gasteiger partial charge in [0.1, 0.15) is 0 Å². The van der Waals surface area contributed by atoms with Crippen molar-refractivity contribution in [2.24, 2.45) is 0 Å². The second kappa shape index (κ2) is 6.45. The molecule has 1 aliphatic heterocycles. The number of aromatic nitrogens is 2. The molecule has 98 valence electrons. The van der Waals surface area contributed by atoms with Gasteiger partial charge in [0.15, 0.2) is 5.82 Å². The second-order valence-electron chi connectivity index (χ2n) is 4.13. The smallest absolute Gasteiger partial charge is 0.229 e. The SMILES string of the molecule is CC1SCCSC1c1noc(CC(O)CC#N)n1. The molecule has 0 spiro atoms. The molecule has 0 amide bonds. The predicted molar refractivity (Wildman–Crippen MR) is 71.4 cm³/mol. The van der Waals surface area contributed by atoms with Crippen molar-refractivity contribution in [3.05, 3.63) is 11.7 Å². The van der Waals surface area contributed by atoms with E-state index in [1.54, 1.807) is 0 Å². The Morgan fingerprint density at radius 1 is 1.56 bits per heavy atom. The van der Waals surface area contributed by atoms with E-state index in [0.29, 0.717) is 17.0 Å². The van der Waals surface area contributed by atoms with Crippen molar-refractivity contribution in [1.29, 1.82) is 5.26 Å². The third-order valence-electron chi connectivity index (χ3n) is 2.66. The molecule has 1 fully saturated rings. The molecule has 0 aromatic carbocycles. The summed E-state index contributed by atoms with van der Waals surface area (Å²) in [5.74, 6) is 3.38. The first-order valence-corrected chi connectivity index (χ1v) is 7.91. The Kier molecular flexibility index (Phi) is 4.92. The molecule has 0 radical (unpaired) electrons. The molecule has 2 heterocycles. The fourth-order valence-corrected chi connectivity index (χ4v) is 4.44. The van der Waals surface area contributed by atoms with E-state index < -0.39 is 6.10 Å². The molecule has 1 aromatic heterocycles. The number of aliphatic hydroxyl groups is 1. The minimum atomic E-state index is -0.728. The zero-order chi connectivity index (χ0) is 13.0. The van der Waals surface area contributed by atoms with Crippen LogP contribution < -0.4 is 0 Å². The number of rotatable bonds is 4. The van der Waals surface area contributed by atoms with Crippen LogP contribution in [0.3, 0.4) is 0 Å². The van der Waals surface area contributed by atoms with Gasteiger partial charge in [0, 0.05) is 16.8 Å². The normalized spacial score (nSPS) is 25.6. The third kappa shape index (κ3) is 3.40. The van der Waals surface area contributed by atoms with Crippen molar-refractivity contribution < 1.29 is 9.63 Å². The molecule has 1 N–H and O–H groups in total. The van der Waals surface area contributed by atoms with E-state index in [4.69, 9.17) is 9.78 Å². The van der Waals surface area contributed by atoms with E-state index in [-0.39, 0.29) is 18.1 Å². The molecule has 1 saturated heterocycles. The monoisotopic (exact) mass is 285 g/mol. The Labute approximate surface area is 114 Å². The number of nitriles is 1. The van der Waals surface area contributed by atoms with Gasteiger partial charge < -0.3 is 9.63 Å². The minimum absolute atomic E-state index is 0.0855. The van der Waals surface area contributed by atoms with Crippen LogP contribution in [0, 0.1) is 11.3 Å². The van der Waals surface area contributed by atoms with Crippen LogP contribution in [-0.2, 0) is 6.42 Å².